The highest BCUT2D eigenvalue weighted by Crippen LogP contribution is 2.19. The van der Waals surface area contributed by atoms with Gasteiger partial charge in [-0.2, -0.15) is 0 Å². The number of likely N-dealkylation sites (N-methyl/N-ethyl adjacent to an activating group) is 1. The van der Waals surface area contributed by atoms with Crippen molar-refractivity contribution in [3.63, 3.8) is 0 Å². The third kappa shape index (κ3) is 8.36. The van der Waals surface area contributed by atoms with Crippen molar-refractivity contribution in [1.29, 1.82) is 0 Å². The summed E-state index contributed by atoms with van der Waals surface area (Å²) < 4.78 is 0. The van der Waals surface area contributed by atoms with E-state index >= 15 is 0 Å². The summed E-state index contributed by atoms with van der Waals surface area (Å²) in [5, 5.41) is 8.52. The zero-order valence-corrected chi connectivity index (χ0v) is 20.9. The average molecular weight is 507 g/mol. The number of nitrogens with one attached hydrogen (secondary N) is 3. The summed E-state index contributed by atoms with van der Waals surface area (Å²) in [5.74, 6) is 0.984. The molecule has 10 heteroatoms. The van der Waals surface area contributed by atoms with Crippen molar-refractivity contribution in [3.8, 4) is 0 Å². The second kappa shape index (κ2) is 13.4. The molecule has 1 aliphatic rings. The number of anilines is 4. The van der Waals surface area contributed by atoms with Crippen LogP contribution in [0.25, 0.3) is 0 Å². The van der Waals surface area contributed by atoms with Crippen LogP contribution in [-0.2, 0) is 4.79 Å². The quantitative estimate of drug-likeness (QED) is 0.427. The Labute approximate surface area is 211 Å². The molecule has 1 saturated heterocycles. The van der Waals surface area contributed by atoms with Gasteiger partial charge in [0, 0.05) is 73.8 Å². The molecule has 3 amide bonds. The van der Waals surface area contributed by atoms with Gasteiger partial charge < -0.3 is 25.8 Å². The maximum absolute atomic E-state index is 12.4. The Hall–Kier alpha value is -2.52. The number of carbonyl (C=O) groups excluding carboxylic acids is 2. The van der Waals surface area contributed by atoms with Gasteiger partial charge in [-0.1, -0.05) is 0 Å². The number of benzene rings is 2. The molecule has 34 heavy (non-hydrogen) atoms. The number of alkyl halides is 2. The molecule has 0 unspecified atom stereocenters. The van der Waals surface area contributed by atoms with Gasteiger partial charge in [0.1, 0.15) is 0 Å². The first-order valence-electron chi connectivity index (χ1n) is 11.3. The normalized spacial score (nSPS) is 14.4. The third-order valence-corrected chi connectivity index (χ3v) is 5.93. The molecule has 8 nitrogen and oxygen atoms in total. The second-order valence-electron chi connectivity index (χ2n) is 8.20. The minimum atomic E-state index is -0.349. The summed E-state index contributed by atoms with van der Waals surface area (Å²) in [5.41, 5.74) is 2.99. The van der Waals surface area contributed by atoms with Gasteiger partial charge in [-0.15, -0.1) is 23.2 Å². The third-order valence-electron chi connectivity index (χ3n) is 5.59. The summed E-state index contributed by atoms with van der Waals surface area (Å²) in [7, 11) is 2.09. The van der Waals surface area contributed by atoms with Crippen LogP contribution in [0.5, 0.6) is 0 Å². The number of piperazine rings is 1. The number of nitrogens with zero attached hydrogens (tertiary/aromatic N) is 3. The topological polar surface area (TPSA) is 80.0 Å². The minimum absolute atomic E-state index is 0.0397. The molecule has 2 aromatic rings. The number of amides is 3. The Bertz CT molecular complexity index is 912. The van der Waals surface area contributed by atoms with Crippen LogP contribution >= 0.6 is 23.2 Å². The summed E-state index contributed by atoms with van der Waals surface area (Å²) >= 11 is 11.7. The Kier molecular flexibility index (Phi) is 10.3. The van der Waals surface area contributed by atoms with Gasteiger partial charge in [-0.3, -0.25) is 9.69 Å². The lowest BCUT2D eigenvalue weighted by atomic mass is 10.2. The van der Waals surface area contributed by atoms with Crippen molar-refractivity contribution >= 4 is 57.9 Å². The van der Waals surface area contributed by atoms with Crippen LogP contribution < -0.4 is 20.9 Å². The van der Waals surface area contributed by atoms with Gasteiger partial charge in [0.2, 0.25) is 5.91 Å². The van der Waals surface area contributed by atoms with E-state index in [0.29, 0.717) is 48.5 Å². The van der Waals surface area contributed by atoms with E-state index in [1.807, 2.05) is 24.3 Å². The zero-order valence-electron chi connectivity index (χ0n) is 19.4. The Morgan fingerprint density at radius 3 is 1.76 bits per heavy atom. The Morgan fingerprint density at radius 2 is 1.26 bits per heavy atom. The molecule has 2 aromatic carbocycles. The van der Waals surface area contributed by atoms with Crippen LogP contribution in [0, 0.1) is 0 Å². The predicted molar refractivity (Wildman–Crippen MR) is 142 cm³/mol. The van der Waals surface area contributed by atoms with E-state index in [2.05, 4.69) is 37.7 Å². The summed E-state index contributed by atoms with van der Waals surface area (Å²) in [4.78, 5) is 31.2. The van der Waals surface area contributed by atoms with Gasteiger partial charge in [0.25, 0.3) is 0 Å². The number of urea groups is 1. The first-order valence-corrected chi connectivity index (χ1v) is 12.4. The number of hydrogen-bond donors (Lipinski definition) is 3. The Morgan fingerprint density at radius 1 is 0.794 bits per heavy atom. The fourth-order valence-corrected chi connectivity index (χ4v) is 4.08. The standard InChI is InChI=1S/C24H32Cl2N6O2/c1-30-14-16-31(17-15-30)18-23(33)27-19-2-4-20(5-3-19)28-24(34)29-21-6-8-22(9-7-21)32(12-10-25)13-11-26/h2-9H,10-18H2,1H3,(H,27,33)(H2,28,29,34). The highest BCUT2D eigenvalue weighted by molar-refractivity contribution is 6.18. The monoisotopic (exact) mass is 506 g/mol. The molecule has 0 aliphatic carbocycles. The fourth-order valence-electron chi connectivity index (χ4n) is 3.67. The van der Waals surface area contributed by atoms with E-state index in [9.17, 15) is 9.59 Å². The molecule has 1 fully saturated rings. The molecule has 1 aliphatic heterocycles. The number of rotatable bonds is 10. The highest BCUT2D eigenvalue weighted by Gasteiger charge is 2.16. The van der Waals surface area contributed by atoms with Crippen molar-refractivity contribution in [2.45, 2.75) is 0 Å². The molecule has 0 aromatic heterocycles. The highest BCUT2D eigenvalue weighted by atomic mass is 35.5. The fraction of sp³-hybridized carbons (Fsp3) is 0.417. The molecular formula is C24H32Cl2N6O2. The lowest BCUT2D eigenvalue weighted by molar-refractivity contribution is -0.117. The van der Waals surface area contributed by atoms with E-state index < -0.39 is 0 Å². The maximum Gasteiger partial charge on any atom is 0.323 e. The van der Waals surface area contributed by atoms with E-state index in [1.165, 1.54) is 0 Å². The van der Waals surface area contributed by atoms with Crippen LogP contribution in [-0.4, -0.2) is 86.4 Å². The molecular weight excluding hydrogens is 475 g/mol. The average Bonchev–Trinajstić information content (AvgIpc) is 2.82. The largest absolute Gasteiger partial charge is 0.369 e. The smallest absolute Gasteiger partial charge is 0.323 e. The van der Waals surface area contributed by atoms with Crippen LogP contribution in [0.15, 0.2) is 48.5 Å². The number of halogens is 2. The van der Waals surface area contributed by atoms with Crippen LogP contribution in [0.4, 0.5) is 27.5 Å². The van der Waals surface area contributed by atoms with Crippen molar-refractivity contribution in [3.05, 3.63) is 48.5 Å². The molecule has 184 valence electrons. The SMILES string of the molecule is CN1CCN(CC(=O)Nc2ccc(NC(=O)Nc3ccc(N(CCCl)CCCl)cc3)cc2)CC1. The molecule has 0 saturated carbocycles. The predicted octanol–water partition coefficient (Wildman–Crippen LogP) is 3.80. The van der Waals surface area contributed by atoms with Gasteiger partial charge >= 0.3 is 6.03 Å². The van der Waals surface area contributed by atoms with Crippen LogP contribution in [0.3, 0.4) is 0 Å². The molecule has 1 heterocycles. The van der Waals surface area contributed by atoms with Crippen LogP contribution in [0.2, 0.25) is 0 Å². The summed E-state index contributed by atoms with van der Waals surface area (Å²) in [6.07, 6.45) is 0. The molecule has 0 radical (unpaired) electrons. The second-order valence-corrected chi connectivity index (χ2v) is 8.95. The van der Waals surface area contributed by atoms with E-state index in [4.69, 9.17) is 23.2 Å². The number of hydrogen-bond acceptors (Lipinski definition) is 5. The number of carbonyl (C=O) groups is 2. The van der Waals surface area contributed by atoms with Gasteiger partial charge in [0.15, 0.2) is 0 Å². The molecule has 3 rings (SSSR count). The summed E-state index contributed by atoms with van der Waals surface area (Å²) in [6, 6.07) is 14.2. The summed E-state index contributed by atoms with van der Waals surface area (Å²) in [6.45, 7) is 5.51. The maximum atomic E-state index is 12.4. The van der Waals surface area contributed by atoms with Crippen molar-refractivity contribution in [2.24, 2.45) is 0 Å². The molecule has 0 atom stereocenters. The van der Waals surface area contributed by atoms with Crippen molar-refractivity contribution < 1.29 is 9.59 Å². The molecule has 3 N–H and O–H groups in total. The molecule has 0 spiro atoms. The molecule has 0 bridgehead atoms. The van der Waals surface area contributed by atoms with E-state index in [0.717, 1.165) is 31.9 Å². The zero-order chi connectivity index (χ0) is 24.3. The first-order chi connectivity index (χ1) is 16.5. The van der Waals surface area contributed by atoms with Gasteiger partial charge in [0.05, 0.1) is 6.54 Å². The van der Waals surface area contributed by atoms with E-state index in [1.54, 1.807) is 24.3 Å². The Balaban J connectivity index is 1.45. The first kappa shape index (κ1) is 26.1. The van der Waals surface area contributed by atoms with Crippen LogP contribution in [0.1, 0.15) is 0 Å². The van der Waals surface area contributed by atoms with Crippen molar-refractivity contribution in [1.82, 2.24) is 9.80 Å². The van der Waals surface area contributed by atoms with E-state index in [-0.39, 0.29) is 11.9 Å². The minimum Gasteiger partial charge on any atom is -0.369 e. The lowest BCUT2D eigenvalue weighted by Crippen LogP contribution is -2.47. The lowest BCUT2D eigenvalue weighted by Gasteiger charge is -2.31. The van der Waals surface area contributed by atoms with Gasteiger partial charge in [-0.05, 0) is 55.6 Å². The van der Waals surface area contributed by atoms with Crippen molar-refractivity contribution in [2.75, 3.05) is 85.5 Å². The van der Waals surface area contributed by atoms with Gasteiger partial charge in [-0.25, -0.2) is 4.79 Å².